The van der Waals surface area contributed by atoms with Crippen molar-refractivity contribution in [3.8, 4) is 11.5 Å². The van der Waals surface area contributed by atoms with Gasteiger partial charge in [0, 0.05) is 6.07 Å². The molecule has 1 aliphatic heterocycles. The van der Waals surface area contributed by atoms with Crippen LogP contribution in [-0.2, 0) is 14.3 Å². The lowest BCUT2D eigenvalue weighted by molar-refractivity contribution is -0.156. The number of nitrogens with zero attached hydrogens (tertiary/aromatic N) is 1. The summed E-state index contributed by atoms with van der Waals surface area (Å²) in [5.41, 5.74) is -0.422. The summed E-state index contributed by atoms with van der Waals surface area (Å²) in [6, 6.07) is 3.14. The standard InChI is InChI=1S/C17H22N2O6/c1-17(2,3)25-14(20)9-11-15(21)19(16(22)18-11)12-8-10(23-4)6-7-13(12)24-5/h6-8,11H,9H2,1-5H3,(H,18,22)/t11-/m0/s1. The van der Waals surface area contributed by atoms with Crippen LogP contribution in [0.3, 0.4) is 0 Å². The number of ether oxygens (including phenoxy) is 3. The van der Waals surface area contributed by atoms with Crippen LogP contribution in [0.5, 0.6) is 11.5 Å². The Morgan fingerprint density at radius 3 is 2.44 bits per heavy atom. The van der Waals surface area contributed by atoms with Crippen LogP contribution in [0.4, 0.5) is 10.5 Å². The Hall–Kier alpha value is -2.77. The number of nitrogens with one attached hydrogen (secondary N) is 1. The van der Waals surface area contributed by atoms with Gasteiger partial charge in [0.15, 0.2) is 0 Å². The van der Waals surface area contributed by atoms with Gasteiger partial charge in [0.1, 0.15) is 23.1 Å². The van der Waals surface area contributed by atoms with E-state index in [9.17, 15) is 14.4 Å². The molecule has 1 heterocycles. The second kappa shape index (κ2) is 7.00. The summed E-state index contributed by atoms with van der Waals surface area (Å²) in [7, 11) is 2.91. The Bertz CT molecular complexity index is 695. The van der Waals surface area contributed by atoms with Crippen LogP contribution in [0.25, 0.3) is 0 Å². The lowest BCUT2D eigenvalue weighted by Crippen LogP contribution is -2.35. The van der Waals surface area contributed by atoms with Crippen molar-refractivity contribution >= 4 is 23.6 Å². The summed E-state index contributed by atoms with van der Waals surface area (Å²) >= 11 is 0. The van der Waals surface area contributed by atoms with Gasteiger partial charge in [-0.3, -0.25) is 9.59 Å². The number of benzene rings is 1. The average Bonchev–Trinajstić information content (AvgIpc) is 2.78. The molecule has 0 aliphatic carbocycles. The van der Waals surface area contributed by atoms with Gasteiger partial charge < -0.3 is 19.5 Å². The minimum Gasteiger partial charge on any atom is -0.497 e. The van der Waals surface area contributed by atoms with Crippen LogP contribution in [0.15, 0.2) is 18.2 Å². The molecule has 0 radical (unpaired) electrons. The first-order valence-corrected chi connectivity index (χ1v) is 7.74. The van der Waals surface area contributed by atoms with E-state index in [1.165, 1.54) is 20.3 Å². The SMILES string of the molecule is COc1ccc(OC)c(N2C(=O)N[C@@H](CC(=O)OC(C)(C)C)C2=O)c1. The van der Waals surface area contributed by atoms with Gasteiger partial charge in [0.05, 0.1) is 26.3 Å². The predicted molar refractivity (Wildman–Crippen MR) is 89.8 cm³/mol. The van der Waals surface area contributed by atoms with Crippen molar-refractivity contribution in [3.63, 3.8) is 0 Å². The number of imide groups is 1. The molecule has 1 aromatic rings. The monoisotopic (exact) mass is 350 g/mol. The van der Waals surface area contributed by atoms with Crippen LogP contribution in [0.2, 0.25) is 0 Å². The van der Waals surface area contributed by atoms with E-state index < -0.39 is 29.6 Å². The first kappa shape index (κ1) is 18.6. The van der Waals surface area contributed by atoms with E-state index in [-0.39, 0.29) is 12.1 Å². The maximum absolute atomic E-state index is 12.6. The lowest BCUT2D eigenvalue weighted by atomic mass is 10.1. The third kappa shape index (κ3) is 4.20. The van der Waals surface area contributed by atoms with Gasteiger partial charge in [-0.05, 0) is 32.9 Å². The van der Waals surface area contributed by atoms with Crippen molar-refractivity contribution in [1.29, 1.82) is 0 Å². The van der Waals surface area contributed by atoms with E-state index in [0.29, 0.717) is 11.5 Å². The maximum Gasteiger partial charge on any atom is 0.329 e. The van der Waals surface area contributed by atoms with E-state index in [1.54, 1.807) is 32.9 Å². The maximum atomic E-state index is 12.6. The second-order valence-corrected chi connectivity index (χ2v) is 6.50. The Morgan fingerprint density at radius 1 is 1.20 bits per heavy atom. The van der Waals surface area contributed by atoms with Gasteiger partial charge >= 0.3 is 12.0 Å². The Balaban J connectivity index is 2.23. The van der Waals surface area contributed by atoms with Crippen LogP contribution < -0.4 is 19.7 Å². The van der Waals surface area contributed by atoms with Crippen molar-refractivity contribution in [2.24, 2.45) is 0 Å². The third-order valence-electron chi connectivity index (χ3n) is 3.44. The number of urea groups is 1. The summed E-state index contributed by atoms with van der Waals surface area (Å²) < 4.78 is 15.5. The van der Waals surface area contributed by atoms with E-state index >= 15 is 0 Å². The predicted octanol–water partition coefficient (Wildman–Crippen LogP) is 1.86. The lowest BCUT2D eigenvalue weighted by Gasteiger charge is -2.20. The third-order valence-corrected chi connectivity index (χ3v) is 3.44. The Labute approximate surface area is 146 Å². The van der Waals surface area contributed by atoms with Gasteiger partial charge in [-0.2, -0.15) is 0 Å². The van der Waals surface area contributed by atoms with E-state index in [4.69, 9.17) is 14.2 Å². The molecule has 1 fully saturated rings. The van der Waals surface area contributed by atoms with Crippen molar-refractivity contribution in [2.75, 3.05) is 19.1 Å². The summed E-state index contributed by atoms with van der Waals surface area (Å²) in [5.74, 6) is -0.317. The molecule has 1 aliphatic rings. The molecule has 25 heavy (non-hydrogen) atoms. The van der Waals surface area contributed by atoms with E-state index in [0.717, 1.165) is 4.90 Å². The molecule has 1 atom stereocenters. The van der Waals surface area contributed by atoms with Gasteiger partial charge in [0.25, 0.3) is 5.91 Å². The number of methoxy groups -OCH3 is 2. The van der Waals surface area contributed by atoms with Crippen molar-refractivity contribution in [2.45, 2.75) is 38.8 Å². The fraction of sp³-hybridized carbons (Fsp3) is 0.471. The highest BCUT2D eigenvalue weighted by molar-refractivity contribution is 6.22. The molecule has 1 saturated heterocycles. The molecule has 1 aromatic carbocycles. The molecule has 8 nitrogen and oxygen atoms in total. The first-order chi connectivity index (χ1) is 11.7. The minimum absolute atomic E-state index is 0.245. The summed E-state index contributed by atoms with van der Waals surface area (Å²) in [6.45, 7) is 5.19. The molecular weight excluding hydrogens is 328 g/mol. The largest absolute Gasteiger partial charge is 0.497 e. The Kier molecular flexibility index (Phi) is 5.20. The summed E-state index contributed by atoms with van der Waals surface area (Å²) in [6.07, 6.45) is -0.245. The molecule has 0 saturated carbocycles. The quantitative estimate of drug-likeness (QED) is 0.643. The average molecular weight is 350 g/mol. The van der Waals surface area contributed by atoms with Crippen LogP contribution in [0, 0.1) is 0 Å². The zero-order valence-corrected chi connectivity index (χ0v) is 14.9. The van der Waals surface area contributed by atoms with Crippen LogP contribution in [0.1, 0.15) is 27.2 Å². The molecule has 1 N–H and O–H groups in total. The normalized spacial score (nSPS) is 17.3. The van der Waals surface area contributed by atoms with Gasteiger partial charge in [-0.15, -0.1) is 0 Å². The minimum atomic E-state index is -0.988. The number of rotatable bonds is 5. The van der Waals surface area contributed by atoms with Crippen molar-refractivity contribution in [1.82, 2.24) is 5.32 Å². The number of hydrogen-bond acceptors (Lipinski definition) is 6. The van der Waals surface area contributed by atoms with Gasteiger partial charge in [-0.25, -0.2) is 9.69 Å². The van der Waals surface area contributed by atoms with Gasteiger partial charge in [0.2, 0.25) is 0 Å². The second-order valence-electron chi connectivity index (χ2n) is 6.50. The number of carbonyl (C=O) groups is 3. The highest BCUT2D eigenvalue weighted by Gasteiger charge is 2.42. The molecular formula is C17H22N2O6. The summed E-state index contributed by atoms with van der Waals surface area (Å²) in [5, 5.41) is 2.50. The fourth-order valence-corrected chi connectivity index (χ4v) is 2.42. The molecule has 0 bridgehead atoms. The number of esters is 1. The molecule has 0 aromatic heterocycles. The Morgan fingerprint density at radius 2 is 1.88 bits per heavy atom. The van der Waals surface area contributed by atoms with Crippen molar-refractivity contribution in [3.05, 3.63) is 18.2 Å². The van der Waals surface area contributed by atoms with Crippen LogP contribution in [-0.4, -0.2) is 43.8 Å². The van der Waals surface area contributed by atoms with Gasteiger partial charge in [-0.1, -0.05) is 0 Å². The zero-order valence-electron chi connectivity index (χ0n) is 14.9. The molecule has 3 amide bonds. The highest BCUT2D eigenvalue weighted by atomic mass is 16.6. The number of anilines is 1. The molecule has 0 unspecified atom stereocenters. The fourth-order valence-electron chi connectivity index (χ4n) is 2.42. The van der Waals surface area contributed by atoms with E-state index in [1.807, 2.05) is 0 Å². The van der Waals surface area contributed by atoms with E-state index in [2.05, 4.69) is 5.32 Å². The smallest absolute Gasteiger partial charge is 0.329 e. The number of hydrogen-bond donors (Lipinski definition) is 1. The highest BCUT2D eigenvalue weighted by Crippen LogP contribution is 2.34. The summed E-state index contributed by atoms with van der Waals surface area (Å²) in [4.78, 5) is 37.8. The topological polar surface area (TPSA) is 94.2 Å². The van der Waals surface area contributed by atoms with Crippen LogP contribution >= 0.6 is 0 Å². The molecule has 2 rings (SSSR count). The number of amides is 3. The first-order valence-electron chi connectivity index (χ1n) is 7.74. The molecule has 136 valence electrons. The number of carbonyl (C=O) groups excluding carboxylic acids is 3. The molecule has 8 heteroatoms. The molecule has 0 spiro atoms. The zero-order chi connectivity index (χ0) is 18.8. The van der Waals surface area contributed by atoms with Crippen molar-refractivity contribution < 1.29 is 28.6 Å².